The van der Waals surface area contributed by atoms with Crippen molar-refractivity contribution in [3.05, 3.63) is 59.7 Å². The summed E-state index contributed by atoms with van der Waals surface area (Å²) in [5.41, 5.74) is 1.46. The van der Waals surface area contributed by atoms with E-state index in [1.807, 2.05) is 19.9 Å². The van der Waals surface area contributed by atoms with E-state index < -0.39 is 10.0 Å². The Morgan fingerprint density at radius 2 is 1.93 bits per heavy atom. The van der Waals surface area contributed by atoms with Gasteiger partial charge in [-0.1, -0.05) is 18.2 Å². The quantitative estimate of drug-likeness (QED) is 0.665. The number of carbonyl (C=O) groups is 1. The van der Waals surface area contributed by atoms with Gasteiger partial charge < -0.3 is 14.4 Å². The Morgan fingerprint density at radius 3 is 2.55 bits per heavy atom. The number of nitrogens with two attached hydrogens (primary N) is 1. The van der Waals surface area contributed by atoms with Crippen LogP contribution in [0.1, 0.15) is 31.0 Å². The third-order valence-corrected chi connectivity index (χ3v) is 5.41. The van der Waals surface area contributed by atoms with Crippen LogP contribution in [0.5, 0.6) is 11.5 Å². The van der Waals surface area contributed by atoms with Crippen LogP contribution in [0, 0.1) is 0 Å². The smallest absolute Gasteiger partial charge is 0.246 e. The zero-order chi connectivity index (χ0) is 21.6. The van der Waals surface area contributed by atoms with Gasteiger partial charge >= 0.3 is 0 Å². The minimum atomic E-state index is -3.81. The van der Waals surface area contributed by atoms with E-state index in [0.29, 0.717) is 23.7 Å². The van der Waals surface area contributed by atoms with Crippen molar-refractivity contribution in [2.75, 3.05) is 20.8 Å². The van der Waals surface area contributed by atoms with Gasteiger partial charge in [-0.25, -0.2) is 13.6 Å². The van der Waals surface area contributed by atoms with Gasteiger partial charge in [-0.15, -0.1) is 0 Å². The SMILES string of the molecule is CCOc1cc(/C=C/C(=O)N(C)C(C)c2cccc(S(N)(=O)=O)c2)ccc1OC. The van der Waals surface area contributed by atoms with Gasteiger partial charge in [0, 0.05) is 13.1 Å². The summed E-state index contributed by atoms with van der Waals surface area (Å²) in [6, 6.07) is 11.3. The molecule has 0 heterocycles. The van der Waals surface area contributed by atoms with Gasteiger partial charge in [-0.3, -0.25) is 4.79 Å². The Morgan fingerprint density at radius 1 is 1.21 bits per heavy atom. The number of carbonyl (C=O) groups excluding carboxylic acids is 1. The molecule has 0 bridgehead atoms. The largest absolute Gasteiger partial charge is 0.493 e. The van der Waals surface area contributed by atoms with E-state index in [9.17, 15) is 13.2 Å². The predicted molar refractivity (Wildman–Crippen MR) is 112 cm³/mol. The van der Waals surface area contributed by atoms with Crippen LogP contribution in [0.25, 0.3) is 6.08 Å². The molecule has 0 aliphatic heterocycles. The lowest BCUT2D eigenvalue weighted by Gasteiger charge is -2.24. The maximum atomic E-state index is 12.6. The molecule has 156 valence electrons. The highest BCUT2D eigenvalue weighted by atomic mass is 32.2. The Kier molecular flexibility index (Phi) is 7.41. The lowest BCUT2D eigenvalue weighted by atomic mass is 10.1. The second kappa shape index (κ2) is 9.58. The van der Waals surface area contributed by atoms with E-state index in [2.05, 4.69) is 0 Å². The second-order valence-electron chi connectivity index (χ2n) is 6.42. The number of benzene rings is 2. The van der Waals surface area contributed by atoms with E-state index in [-0.39, 0.29) is 16.8 Å². The summed E-state index contributed by atoms with van der Waals surface area (Å²) in [6.07, 6.45) is 3.14. The summed E-state index contributed by atoms with van der Waals surface area (Å²) in [5.74, 6) is 0.995. The van der Waals surface area contributed by atoms with Crippen molar-refractivity contribution in [1.82, 2.24) is 4.90 Å². The number of methoxy groups -OCH3 is 1. The monoisotopic (exact) mass is 418 g/mol. The fourth-order valence-electron chi connectivity index (χ4n) is 2.72. The lowest BCUT2D eigenvalue weighted by Crippen LogP contribution is -2.28. The van der Waals surface area contributed by atoms with Crippen molar-refractivity contribution in [1.29, 1.82) is 0 Å². The summed E-state index contributed by atoms with van der Waals surface area (Å²) >= 11 is 0. The fourth-order valence-corrected chi connectivity index (χ4v) is 3.28. The van der Waals surface area contributed by atoms with Gasteiger partial charge in [0.1, 0.15) is 0 Å². The topological polar surface area (TPSA) is 98.9 Å². The molecule has 8 heteroatoms. The molecular weight excluding hydrogens is 392 g/mol. The number of ether oxygens (including phenoxy) is 2. The minimum absolute atomic E-state index is 0.0138. The molecule has 0 fully saturated rings. The third-order valence-electron chi connectivity index (χ3n) is 4.50. The van der Waals surface area contributed by atoms with Crippen LogP contribution in [-0.2, 0) is 14.8 Å². The Balaban J connectivity index is 2.17. The van der Waals surface area contributed by atoms with Gasteiger partial charge in [0.05, 0.1) is 24.7 Å². The molecule has 7 nitrogen and oxygen atoms in total. The van der Waals surface area contributed by atoms with Crippen molar-refractivity contribution in [2.24, 2.45) is 5.14 Å². The zero-order valence-electron chi connectivity index (χ0n) is 17.0. The molecule has 0 saturated heterocycles. The number of amides is 1. The summed E-state index contributed by atoms with van der Waals surface area (Å²) in [4.78, 5) is 14.1. The van der Waals surface area contributed by atoms with Crippen LogP contribution >= 0.6 is 0 Å². The minimum Gasteiger partial charge on any atom is -0.493 e. The van der Waals surface area contributed by atoms with Crippen molar-refractivity contribution >= 4 is 22.0 Å². The van der Waals surface area contributed by atoms with Crippen LogP contribution in [0.2, 0.25) is 0 Å². The average Bonchev–Trinajstić information content (AvgIpc) is 2.70. The lowest BCUT2D eigenvalue weighted by molar-refractivity contribution is -0.126. The molecule has 0 aromatic heterocycles. The highest BCUT2D eigenvalue weighted by Gasteiger charge is 2.17. The molecule has 29 heavy (non-hydrogen) atoms. The van der Waals surface area contributed by atoms with E-state index >= 15 is 0 Å². The maximum absolute atomic E-state index is 12.6. The molecule has 2 N–H and O–H groups in total. The van der Waals surface area contributed by atoms with E-state index in [1.54, 1.807) is 44.5 Å². The number of hydrogen-bond donors (Lipinski definition) is 1. The van der Waals surface area contributed by atoms with Crippen LogP contribution in [0.4, 0.5) is 0 Å². The van der Waals surface area contributed by atoms with Crippen LogP contribution in [0.15, 0.2) is 53.4 Å². The molecule has 1 unspecified atom stereocenters. The number of nitrogens with zero attached hydrogens (tertiary/aromatic N) is 1. The predicted octanol–water partition coefficient (Wildman–Crippen LogP) is 2.97. The first-order valence-electron chi connectivity index (χ1n) is 9.05. The molecule has 1 amide bonds. The summed E-state index contributed by atoms with van der Waals surface area (Å²) in [7, 11) is -0.584. The fraction of sp³-hybridized carbons (Fsp3) is 0.286. The molecule has 0 aliphatic carbocycles. The van der Waals surface area contributed by atoms with Crippen molar-refractivity contribution < 1.29 is 22.7 Å². The molecular formula is C21H26N2O5S. The molecule has 0 radical (unpaired) electrons. The van der Waals surface area contributed by atoms with Crippen LogP contribution in [0.3, 0.4) is 0 Å². The second-order valence-corrected chi connectivity index (χ2v) is 7.98. The maximum Gasteiger partial charge on any atom is 0.246 e. The highest BCUT2D eigenvalue weighted by molar-refractivity contribution is 7.89. The Bertz CT molecular complexity index is 1000. The number of rotatable bonds is 8. The third kappa shape index (κ3) is 5.82. The molecule has 0 saturated carbocycles. The standard InChI is InChI=1S/C21H26N2O5S/c1-5-28-20-13-16(9-11-19(20)27-4)10-12-21(24)23(3)15(2)17-7-6-8-18(14-17)29(22,25)26/h6-15H,5H2,1-4H3,(H2,22,25,26)/b12-10+. The van der Waals surface area contributed by atoms with Crippen LogP contribution in [-0.4, -0.2) is 40.0 Å². The molecule has 2 aromatic carbocycles. The van der Waals surface area contributed by atoms with E-state index in [1.165, 1.54) is 23.1 Å². The first-order chi connectivity index (χ1) is 13.7. The Hall–Kier alpha value is -2.84. The molecule has 2 rings (SSSR count). The van der Waals surface area contributed by atoms with E-state index in [0.717, 1.165) is 5.56 Å². The highest BCUT2D eigenvalue weighted by Crippen LogP contribution is 2.28. The van der Waals surface area contributed by atoms with Gasteiger partial charge in [0.2, 0.25) is 15.9 Å². The van der Waals surface area contributed by atoms with Gasteiger partial charge in [0.25, 0.3) is 0 Å². The molecule has 0 spiro atoms. The van der Waals surface area contributed by atoms with Gasteiger partial charge in [-0.2, -0.15) is 0 Å². The van der Waals surface area contributed by atoms with Crippen molar-refractivity contribution in [2.45, 2.75) is 24.8 Å². The molecule has 0 aliphatic rings. The number of likely N-dealkylation sites (N-methyl/N-ethyl adjacent to an activating group) is 1. The molecule has 2 aromatic rings. The first-order valence-corrected chi connectivity index (χ1v) is 10.6. The summed E-state index contributed by atoms with van der Waals surface area (Å²) < 4.78 is 33.9. The molecule has 1 atom stereocenters. The summed E-state index contributed by atoms with van der Waals surface area (Å²) in [5, 5.41) is 5.19. The Labute approximate surface area is 171 Å². The van der Waals surface area contributed by atoms with Crippen molar-refractivity contribution in [3.8, 4) is 11.5 Å². The number of hydrogen-bond acceptors (Lipinski definition) is 5. The first kappa shape index (κ1) is 22.4. The van der Waals surface area contributed by atoms with Crippen molar-refractivity contribution in [3.63, 3.8) is 0 Å². The van der Waals surface area contributed by atoms with E-state index in [4.69, 9.17) is 14.6 Å². The average molecular weight is 419 g/mol. The van der Waals surface area contributed by atoms with Gasteiger partial charge in [-0.05, 0) is 55.3 Å². The number of primary sulfonamides is 1. The van der Waals surface area contributed by atoms with Gasteiger partial charge in [0.15, 0.2) is 11.5 Å². The number of sulfonamides is 1. The zero-order valence-corrected chi connectivity index (χ0v) is 17.8. The normalized spacial score (nSPS) is 12.6. The van der Waals surface area contributed by atoms with Crippen LogP contribution < -0.4 is 14.6 Å². The summed E-state index contributed by atoms with van der Waals surface area (Å²) in [6.45, 7) is 4.20.